The third-order valence-corrected chi connectivity index (χ3v) is 15.7. The Bertz CT molecular complexity index is 738. The molecule has 0 aromatic heterocycles. The Morgan fingerprint density at radius 2 is 0.875 bits per heavy atom. The van der Waals surface area contributed by atoms with Gasteiger partial charge in [0.1, 0.15) is 0 Å². The molecule has 3 unspecified atom stereocenters. The molecule has 4 rings (SSSR count). The molecule has 4 aliphatic rings. The summed E-state index contributed by atoms with van der Waals surface area (Å²) in [5.74, 6) is 0. The van der Waals surface area contributed by atoms with Gasteiger partial charge in [-0.3, -0.25) is 0 Å². The van der Waals surface area contributed by atoms with E-state index in [1.54, 1.807) is 32.9 Å². The molecule has 0 spiro atoms. The topological polar surface area (TPSA) is 0 Å². The molecule has 4 heterocycles. The van der Waals surface area contributed by atoms with E-state index in [-0.39, 0.29) is 15.8 Å². The largest absolute Gasteiger partial charge is 0.0589 e. The molecule has 0 fully saturated rings. The van der Waals surface area contributed by atoms with E-state index in [1.165, 1.54) is 0 Å². The summed E-state index contributed by atoms with van der Waals surface area (Å²) in [6.07, 6.45) is 0. The molecule has 0 aromatic carbocycles. The Kier molecular flexibility index (Phi) is 3.41. The van der Waals surface area contributed by atoms with Crippen molar-refractivity contribution in [2.75, 3.05) is 0 Å². The normalized spacial score (nSPS) is 47.2. The highest BCUT2D eigenvalue weighted by Crippen LogP contribution is 2.86. The average Bonchev–Trinajstić information content (AvgIpc) is 3.00. The third kappa shape index (κ3) is 1.48. The van der Waals surface area contributed by atoms with E-state index < -0.39 is 0 Å². The minimum absolute atomic E-state index is 0.111. The zero-order chi connectivity index (χ0) is 17.9. The Morgan fingerprint density at radius 3 is 1.12 bits per heavy atom. The molecule has 130 valence electrons. The van der Waals surface area contributed by atoms with Crippen LogP contribution in [0, 0.1) is 10.8 Å². The number of hydrogen-bond acceptors (Lipinski definition) is 0. The maximum atomic E-state index is 2.53. The Hall–Kier alpha value is -0.180. The Balaban J connectivity index is 1.95. The molecule has 0 radical (unpaired) electrons. The fraction of sp³-hybridized carbons (Fsp3) is 0.636. The maximum absolute atomic E-state index is 2.53. The van der Waals surface area contributed by atoms with Crippen molar-refractivity contribution >= 4 is 15.8 Å². The molecule has 4 aliphatic heterocycles. The van der Waals surface area contributed by atoms with Crippen LogP contribution in [-0.2, 0) is 0 Å². The lowest BCUT2D eigenvalue weighted by atomic mass is 9.72. The van der Waals surface area contributed by atoms with Gasteiger partial charge in [0.05, 0.1) is 0 Å². The second-order valence-corrected chi connectivity index (χ2v) is 14.1. The average molecular weight is 358 g/mol. The summed E-state index contributed by atoms with van der Waals surface area (Å²) in [5.41, 5.74) is 9.04. The first-order chi connectivity index (χ1) is 11.0. The zero-order valence-corrected chi connectivity index (χ0v) is 18.8. The number of fused-ring (bicyclic) bond motifs is 4. The van der Waals surface area contributed by atoms with Gasteiger partial charge in [-0.15, -0.1) is 0 Å². The van der Waals surface area contributed by atoms with Crippen LogP contribution in [-0.4, -0.2) is 11.3 Å². The van der Waals surface area contributed by atoms with Gasteiger partial charge in [-0.1, -0.05) is 50.0 Å². The maximum Gasteiger partial charge on any atom is 0.0173 e. The second-order valence-electron chi connectivity index (χ2n) is 8.86. The van der Waals surface area contributed by atoms with Crippen LogP contribution < -0.4 is 0 Å². The molecule has 0 saturated heterocycles. The van der Waals surface area contributed by atoms with Gasteiger partial charge < -0.3 is 0 Å². The highest BCUT2D eigenvalue weighted by molar-refractivity contribution is 7.73. The quantitative estimate of drug-likeness (QED) is 0.417. The minimum Gasteiger partial charge on any atom is -0.0589 e. The minimum atomic E-state index is -0.111. The van der Waals surface area contributed by atoms with E-state index in [0.717, 1.165) is 11.3 Å². The van der Waals surface area contributed by atoms with Crippen molar-refractivity contribution < 1.29 is 0 Å². The highest BCUT2D eigenvalue weighted by atomic mass is 31.1. The van der Waals surface area contributed by atoms with Gasteiger partial charge in [0.15, 0.2) is 0 Å². The van der Waals surface area contributed by atoms with Gasteiger partial charge in [0, 0.05) is 10.8 Å². The van der Waals surface area contributed by atoms with Crippen LogP contribution in [0.1, 0.15) is 69.2 Å². The van der Waals surface area contributed by atoms with Gasteiger partial charge in [-0.2, -0.15) is 0 Å². The van der Waals surface area contributed by atoms with Crippen LogP contribution in [0.4, 0.5) is 0 Å². The van der Waals surface area contributed by atoms with Crippen LogP contribution in [0.2, 0.25) is 0 Å². The molecule has 0 N–H and O–H groups in total. The molecule has 0 nitrogen and oxygen atoms in total. The summed E-state index contributed by atoms with van der Waals surface area (Å²) in [5, 5.41) is 7.12. The van der Waals surface area contributed by atoms with Crippen molar-refractivity contribution in [2.45, 2.75) is 80.6 Å². The lowest BCUT2D eigenvalue weighted by Crippen LogP contribution is -2.24. The number of allylic oxidation sites excluding steroid dienone is 8. The summed E-state index contributed by atoms with van der Waals surface area (Å²) in [4.78, 5) is 0. The van der Waals surface area contributed by atoms with Crippen LogP contribution in [0.25, 0.3) is 0 Å². The first-order valence-electron chi connectivity index (χ1n) is 9.39. The van der Waals surface area contributed by atoms with Crippen LogP contribution in [0.15, 0.2) is 43.5 Å². The fourth-order valence-electron chi connectivity index (χ4n) is 6.19. The van der Waals surface area contributed by atoms with E-state index in [1.807, 2.05) is 10.6 Å². The van der Waals surface area contributed by atoms with Crippen molar-refractivity contribution in [1.29, 1.82) is 0 Å². The van der Waals surface area contributed by atoms with E-state index >= 15 is 0 Å². The summed E-state index contributed by atoms with van der Waals surface area (Å²) in [6, 6.07) is 0. The van der Waals surface area contributed by atoms with Gasteiger partial charge in [0.25, 0.3) is 0 Å². The van der Waals surface area contributed by atoms with E-state index in [0.29, 0.717) is 10.8 Å². The molecule has 0 amide bonds. The van der Waals surface area contributed by atoms with Crippen LogP contribution in [0.5, 0.6) is 0 Å². The van der Waals surface area contributed by atoms with Crippen molar-refractivity contribution in [2.24, 2.45) is 10.8 Å². The molecule has 0 aliphatic carbocycles. The fourth-order valence-corrected chi connectivity index (χ4v) is 14.4. The van der Waals surface area contributed by atoms with Crippen molar-refractivity contribution in [3.63, 3.8) is 0 Å². The molecule has 0 saturated carbocycles. The van der Waals surface area contributed by atoms with Crippen molar-refractivity contribution in [1.82, 2.24) is 0 Å². The van der Waals surface area contributed by atoms with E-state index in [2.05, 4.69) is 69.2 Å². The molecule has 0 aromatic rings. The van der Waals surface area contributed by atoms with Gasteiger partial charge in [-0.05, 0) is 90.0 Å². The standard InChI is InChI=1S/C22H32P2/c1-11-15(5)23-17(7)21(11,9)13(3)19(23)20-14(4)22(10)12(2)16(6)24(20)18(22)8/h17-18H,1-10H3/t17-,18?,21?,22+,23?,24+/m1/s1. The number of rotatable bonds is 1. The van der Waals surface area contributed by atoms with E-state index in [4.69, 9.17) is 0 Å². The first kappa shape index (κ1) is 17.2. The van der Waals surface area contributed by atoms with Crippen LogP contribution in [0.3, 0.4) is 0 Å². The highest BCUT2D eigenvalue weighted by Gasteiger charge is 2.60. The SMILES string of the molecule is CC1=C(C)C2(C)C(C)=C(C3=C(C)[C@]4(C)C(C)=C(C)[P@@]3C4C)P1[C@@H]2C. The Labute approximate surface area is 151 Å². The third-order valence-electron chi connectivity index (χ3n) is 8.79. The molecular formula is C22H32P2. The monoisotopic (exact) mass is 358 g/mol. The summed E-state index contributed by atoms with van der Waals surface area (Å²) < 4.78 is 0. The van der Waals surface area contributed by atoms with E-state index in [9.17, 15) is 0 Å². The zero-order valence-electron chi connectivity index (χ0n) is 17.0. The summed E-state index contributed by atoms with van der Waals surface area (Å²) in [6.45, 7) is 24.7. The van der Waals surface area contributed by atoms with Gasteiger partial charge in [0.2, 0.25) is 0 Å². The predicted octanol–water partition coefficient (Wildman–Crippen LogP) is 7.93. The smallest absolute Gasteiger partial charge is 0.0173 e. The van der Waals surface area contributed by atoms with Crippen LogP contribution >= 0.6 is 15.8 Å². The van der Waals surface area contributed by atoms with Gasteiger partial charge >= 0.3 is 0 Å². The summed E-state index contributed by atoms with van der Waals surface area (Å²) >= 11 is 0. The lowest BCUT2D eigenvalue weighted by Gasteiger charge is -2.33. The summed E-state index contributed by atoms with van der Waals surface area (Å²) in [7, 11) is -0.222. The molecule has 2 heteroatoms. The van der Waals surface area contributed by atoms with Gasteiger partial charge in [-0.25, -0.2) is 0 Å². The Morgan fingerprint density at radius 1 is 0.583 bits per heavy atom. The molecule has 4 bridgehead atoms. The molecule has 6 atom stereocenters. The molecule has 24 heavy (non-hydrogen) atoms. The van der Waals surface area contributed by atoms with Crippen molar-refractivity contribution in [3.05, 3.63) is 43.5 Å². The van der Waals surface area contributed by atoms with Crippen molar-refractivity contribution in [3.8, 4) is 0 Å². The lowest BCUT2D eigenvalue weighted by molar-refractivity contribution is 0.485. The first-order valence-corrected chi connectivity index (χ1v) is 12.2. The molecular weight excluding hydrogens is 326 g/mol. The number of hydrogen-bond donors (Lipinski definition) is 0. The second kappa shape index (κ2) is 4.75. The predicted molar refractivity (Wildman–Crippen MR) is 111 cm³/mol.